The molecule has 0 unspecified atom stereocenters. The number of nitrogens with zero attached hydrogens (tertiary/aromatic N) is 1. The van der Waals surface area contributed by atoms with E-state index in [2.05, 4.69) is 21.3 Å². The topological polar surface area (TPSA) is 55.8 Å². The summed E-state index contributed by atoms with van der Waals surface area (Å²) in [5.41, 5.74) is -0.471. The third-order valence-electron chi connectivity index (χ3n) is 2.10. The summed E-state index contributed by atoms with van der Waals surface area (Å²) in [4.78, 5) is 24.0. The Hall–Kier alpha value is -1.54. The zero-order valence-corrected chi connectivity index (χ0v) is 11.2. The summed E-state index contributed by atoms with van der Waals surface area (Å²) in [7, 11) is 3.68. The fourth-order valence-corrected chi connectivity index (χ4v) is 0.633. The normalized spacial score (nSPS) is 10.8. The number of esters is 1. The van der Waals surface area contributed by atoms with Crippen molar-refractivity contribution >= 4 is 12.1 Å². The molecule has 0 aliphatic heterocycles. The van der Waals surface area contributed by atoms with Gasteiger partial charge in [0, 0.05) is 5.92 Å². The SMILES string of the molecule is CC(C)OC(=O)OC(=O)C#CC(C)(C)N(C)C. The van der Waals surface area contributed by atoms with E-state index in [-0.39, 0.29) is 6.10 Å². The molecular formula is C12H19NO4. The molecule has 0 rings (SSSR count). The Kier molecular flexibility index (Phi) is 5.69. The third-order valence-corrected chi connectivity index (χ3v) is 2.10. The van der Waals surface area contributed by atoms with Gasteiger partial charge in [-0.05, 0) is 41.8 Å². The fourth-order valence-electron chi connectivity index (χ4n) is 0.633. The van der Waals surface area contributed by atoms with Crippen molar-refractivity contribution in [1.82, 2.24) is 4.90 Å². The van der Waals surface area contributed by atoms with Crippen molar-refractivity contribution in [3.63, 3.8) is 0 Å². The van der Waals surface area contributed by atoms with Gasteiger partial charge in [0.2, 0.25) is 0 Å². The van der Waals surface area contributed by atoms with Crippen molar-refractivity contribution in [1.29, 1.82) is 0 Å². The summed E-state index contributed by atoms with van der Waals surface area (Å²) >= 11 is 0. The van der Waals surface area contributed by atoms with Gasteiger partial charge < -0.3 is 9.47 Å². The standard InChI is InChI=1S/C12H19NO4/c1-9(2)16-11(15)17-10(14)7-8-12(3,4)13(5)6/h9H,1-6H3. The molecule has 0 atom stereocenters. The highest BCUT2D eigenvalue weighted by Gasteiger charge is 2.17. The van der Waals surface area contributed by atoms with Gasteiger partial charge in [0.1, 0.15) is 0 Å². The number of hydrogen-bond donors (Lipinski definition) is 0. The van der Waals surface area contributed by atoms with Crippen LogP contribution in [0, 0.1) is 11.8 Å². The first-order valence-corrected chi connectivity index (χ1v) is 5.28. The smallest absolute Gasteiger partial charge is 0.431 e. The Balaban J connectivity index is 4.38. The van der Waals surface area contributed by atoms with Gasteiger partial charge >= 0.3 is 12.1 Å². The van der Waals surface area contributed by atoms with E-state index >= 15 is 0 Å². The maximum absolute atomic E-state index is 11.2. The number of carbonyl (C=O) groups excluding carboxylic acids is 2. The molecule has 0 spiro atoms. The predicted octanol–water partition coefficient (Wildman–Crippen LogP) is 1.42. The first-order chi connectivity index (χ1) is 7.65. The minimum Gasteiger partial charge on any atom is -0.431 e. The third kappa shape index (κ3) is 6.59. The van der Waals surface area contributed by atoms with Gasteiger partial charge in [0.25, 0.3) is 0 Å². The van der Waals surface area contributed by atoms with E-state index in [1.165, 1.54) is 0 Å². The molecule has 5 nitrogen and oxygen atoms in total. The zero-order chi connectivity index (χ0) is 13.6. The fraction of sp³-hybridized carbons (Fsp3) is 0.667. The van der Waals surface area contributed by atoms with E-state index in [0.29, 0.717) is 0 Å². The summed E-state index contributed by atoms with van der Waals surface area (Å²) in [5.74, 6) is 4.05. The average Bonchev–Trinajstić information content (AvgIpc) is 2.13. The summed E-state index contributed by atoms with van der Waals surface area (Å²) in [6, 6.07) is 0. The Morgan fingerprint density at radius 3 is 2.18 bits per heavy atom. The van der Waals surface area contributed by atoms with Crippen LogP contribution in [0.3, 0.4) is 0 Å². The second kappa shape index (κ2) is 6.26. The summed E-state index contributed by atoms with van der Waals surface area (Å²) in [5, 5.41) is 0. The van der Waals surface area contributed by atoms with E-state index in [4.69, 9.17) is 0 Å². The second-order valence-electron chi connectivity index (χ2n) is 4.51. The molecule has 0 aliphatic rings. The molecule has 96 valence electrons. The van der Waals surface area contributed by atoms with Crippen molar-refractivity contribution in [3.8, 4) is 11.8 Å². The molecular weight excluding hydrogens is 222 g/mol. The van der Waals surface area contributed by atoms with Crippen LogP contribution in [-0.2, 0) is 14.3 Å². The van der Waals surface area contributed by atoms with Crippen LogP contribution in [0.2, 0.25) is 0 Å². The molecule has 0 bridgehead atoms. The largest absolute Gasteiger partial charge is 0.517 e. The lowest BCUT2D eigenvalue weighted by Crippen LogP contribution is -2.36. The maximum Gasteiger partial charge on any atom is 0.517 e. The van der Waals surface area contributed by atoms with Crippen LogP contribution in [0.25, 0.3) is 0 Å². The van der Waals surface area contributed by atoms with Crippen molar-refractivity contribution in [2.75, 3.05) is 14.1 Å². The average molecular weight is 241 g/mol. The molecule has 0 aromatic rings. The predicted molar refractivity (Wildman–Crippen MR) is 63.3 cm³/mol. The van der Waals surface area contributed by atoms with Gasteiger partial charge in [0.05, 0.1) is 11.6 Å². The molecule has 17 heavy (non-hydrogen) atoms. The van der Waals surface area contributed by atoms with Crippen LogP contribution < -0.4 is 0 Å². The van der Waals surface area contributed by atoms with Gasteiger partial charge in [-0.2, -0.15) is 0 Å². The molecule has 0 aliphatic carbocycles. The minimum absolute atomic E-state index is 0.332. The molecule has 0 N–H and O–H groups in total. The Morgan fingerprint density at radius 2 is 1.76 bits per heavy atom. The highest BCUT2D eigenvalue weighted by atomic mass is 16.7. The Morgan fingerprint density at radius 1 is 1.24 bits per heavy atom. The van der Waals surface area contributed by atoms with Gasteiger partial charge in [0.15, 0.2) is 0 Å². The minimum atomic E-state index is -1.03. The van der Waals surface area contributed by atoms with Crippen molar-refractivity contribution in [2.24, 2.45) is 0 Å². The van der Waals surface area contributed by atoms with Crippen LogP contribution in [-0.4, -0.2) is 42.8 Å². The summed E-state index contributed by atoms with van der Waals surface area (Å²) in [6.07, 6.45) is -1.36. The van der Waals surface area contributed by atoms with Crippen LogP contribution in [0.1, 0.15) is 27.7 Å². The van der Waals surface area contributed by atoms with Gasteiger partial charge in [-0.25, -0.2) is 9.59 Å². The molecule has 0 amide bonds. The van der Waals surface area contributed by atoms with Crippen LogP contribution in [0.5, 0.6) is 0 Å². The molecule has 0 aromatic heterocycles. The van der Waals surface area contributed by atoms with Gasteiger partial charge in [-0.3, -0.25) is 4.90 Å². The number of carbonyl (C=O) groups is 2. The number of hydrogen-bond acceptors (Lipinski definition) is 5. The number of rotatable bonds is 2. The zero-order valence-electron chi connectivity index (χ0n) is 11.2. The van der Waals surface area contributed by atoms with Crippen molar-refractivity contribution < 1.29 is 19.1 Å². The monoisotopic (exact) mass is 241 g/mol. The molecule has 0 radical (unpaired) electrons. The molecule has 0 fully saturated rings. The molecule has 0 heterocycles. The Labute approximate surface area is 102 Å². The van der Waals surface area contributed by atoms with Crippen LogP contribution >= 0.6 is 0 Å². The van der Waals surface area contributed by atoms with Crippen molar-refractivity contribution in [2.45, 2.75) is 39.3 Å². The quantitative estimate of drug-likeness (QED) is 0.317. The summed E-state index contributed by atoms with van der Waals surface area (Å²) in [6.45, 7) is 7.01. The highest BCUT2D eigenvalue weighted by Crippen LogP contribution is 2.07. The van der Waals surface area contributed by atoms with Gasteiger partial charge in [-0.15, -0.1) is 0 Å². The maximum atomic E-state index is 11.2. The van der Waals surface area contributed by atoms with E-state index in [0.717, 1.165) is 0 Å². The van der Waals surface area contributed by atoms with E-state index in [9.17, 15) is 9.59 Å². The lowest BCUT2D eigenvalue weighted by Gasteiger charge is -2.26. The molecule has 0 aromatic carbocycles. The van der Waals surface area contributed by atoms with E-state index in [1.807, 2.05) is 32.8 Å². The summed E-state index contributed by atoms with van der Waals surface area (Å²) < 4.78 is 8.98. The lowest BCUT2D eigenvalue weighted by atomic mass is 10.1. The van der Waals surface area contributed by atoms with Gasteiger partial charge in [-0.1, -0.05) is 5.92 Å². The van der Waals surface area contributed by atoms with Crippen LogP contribution in [0.4, 0.5) is 4.79 Å². The van der Waals surface area contributed by atoms with E-state index < -0.39 is 17.7 Å². The Bertz CT molecular complexity index is 347. The first kappa shape index (κ1) is 15.5. The van der Waals surface area contributed by atoms with Crippen molar-refractivity contribution in [3.05, 3.63) is 0 Å². The highest BCUT2D eigenvalue weighted by molar-refractivity contribution is 5.94. The molecule has 0 saturated heterocycles. The van der Waals surface area contributed by atoms with E-state index in [1.54, 1.807) is 13.8 Å². The lowest BCUT2D eigenvalue weighted by molar-refractivity contribution is -0.133. The number of ether oxygens (including phenoxy) is 2. The molecule has 5 heteroatoms. The van der Waals surface area contributed by atoms with Crippen LogP contribution in [0.15, 0.2) is 0 Å². The second-order valence-corrected chi connectivity index (χ2v) is 4.51. The first-order valence-electron chi connectivity index (χ1n) is 5.28. The molecule has 0 saturated carbocycles.